The number of ether oxygens (including phenoxy) is 2. The van der Waals surface area contributed by atoms with E-state index in [4.69, 9.17) is 9.47 Å². The van der Waals surface area contributed by atoms with Crippen molar-refractivity contribution in [1.82, 2.24) is 0 Å². The molecule has 0 heterocycles. The van der Waals surface area contributed by atoms with Crippen LogP contribution in [-0.2, 0) is 20.9 Å². The molecule has 0 bridgehead atoms. The zero-order valence-corrected chi connectivity index (χ0v) is 12.4. The number of allylic oxidation sites excluding steroid dienone is 2. The lowest BCUT2D eigenvalue weighted by Crippen LogP contribution is -2.09. The van der Waals surface area contributed by atoms with E-state index in [1.807, 2.05) is 66.7 Å². The third kappa shape index (κ3) is 4.94. The van der Waals surface area contributed by atoms with Crippen molar-refractivity contribution in [3.63, 3.8) is 0 Å². The van der Waals surface area contributed by atoms with Gasteiger partial charge in [0.1, 0.15) is 6.61 Å². The molecule has 112 valence electrons. The van der Waals surface area contributed by atoms with Crippen molar-refractivity contribution in [3.05, 3.63) is 89.7 Å². The molecule has 3 nitrogen and oxygen atoms in total. The smallest absolute Gasteiger partial charge is 0.373 e. The van der Waals surface area contributed by atoms with Gasteiger partial charge < -0.3 is 9.47 Å². The van der Waals surface area contributed by atoms with Crippen molar-refractivity contribution in [2.75, 3.05) is 7.11 Å². The fourth-order valence-corrected chi connectivity index (χ4v) is 1.82. The monoisotopic (exact) mass is 294 g/mol. The largest absolute Gasteiger partial charge is 0.490 e. The molecule has 0 saturated heterocycles. The maximum absolute atomic E-state index is 11.9. The van der Waals surface area contributed by atoms with Crippen LogP contribution >= 0.6 is 0 Å². The standard InChI is InChI=1S/C19H18O3/c1-21-18(14-8-13-16-9-4-2-5-10-16)19(20)22-15-17-11-6-3-7-12-17/h2-14H,15H2,1H3. The van der Waals surface area contributed by atoms with Crippen LogP contribution in [-0.4, -0.2) is 13.1 Å². The number of rotatable bonds is 6. The van der Waals surface area contributed by atoms with Crippen LogP contribution in [0.2, 0.25) is 0 Å². The second-order valence-corrected chi connectivity index (χ2v) is 4.57. The van der Waals surface area contributed by atoms with Gasteiger partial charge in [-0.3, -0.25) is 0 Å². The van der Waals surface area contributed by atoms with Gasteiger partial charge in [-0.05, 0) is 17.2 Å². The minimum atomic E-state index is -0.482. The highest BCUT2D eigenvalue weighted by Crippen LogP contribution is 2.07. The second kappa shape index (κ2) is 8.47. The maximum atomic E-state index is 11.9. The number of esters is 1. The normalized spacial score (nSPS) is 11.4. The van der Waals surface area contributed by atoms with Crippen LogP contribution in [0.1, 0.15) is 11.1 Å². The molecule has 0 aromatic heterocycles. The number of benzene rings is 2. The molecule has 0 unspecified atom stereocenters. The molecule has 2 rings (SSSR count). The molecule has 0 saturated carbocycles. The van der Waals surface area contributed by atoms with E-state index < -0.39 is 5.97 Å². The van der Waals surface area contributed by atoms with Gasteiger partial charge in [0.05, 0.1) is 7.11 Å². The minimum absolute atomic E-state index is 0.170. The van der Waals surface area contributed by atoms with Crippen LogP contribution in [0.5, 0.6) is 0 Å². The summed E-state index contributed by atoms with van der Waals surface area (Å²) in [6.45, 7) is 0.225. The number of hydrogen-bond acceptors (Lipinski definition) is 3. The van der Waals surface area contributed by atoms with Crippen molar-refractivity contribution in [2.45, 2.75) is 6.61 Å². The molecule has 0 radical (unpaired) electrons. The Labute approximate surface area is 130 Å². The molecule has 3 heteroatoms. The van der Waals surface area contributed by atoms with Gasteiger partial charge in [0.15, 0.2) is 0 Å². The lowest BCUT2D eigenvalue weighted by Gasteiger charge is -2.06. The minimum Gasteiger partial charge on any atom is -0.490 e. The highest BCUT2D eigenvalue weighted by atomic mass is 16.6. The lowest BCUT2D eigenvalue weighted by molar-refractivity contribution is -0.143. The van der Waals surface area contributed by atoms with Crippen LogP contribution in [0.4, 0.5) is 0 Å². The van der Waals surface area contributed by atoms with E-state index in [9.17, 15) is 4.79 Å². The molecule has 0 aliphatic rings. The van der Waals surface area contributed by atoms with Crippen molar-refractivity contribution in [2.24, 2.45) is 0 Å². The average Bonchev–Trinajstić information content (AvgIpc) is 2.58. The lowest BCUT2D eigenvalue weighted by atomic mass is 10.2. The predicted molar refractivity (Wildman–Crippen MR) is 86.8 cm³/mol. The maximum Gasteiger partial charge on any atom is 0.373 e. The Morgan fingerprint density at radius 1 is 1.00 bits per heavy atom. The van der Waals surface area contributed by atoms with Gasteiger partial charge in [0.25, 0.3) is 0 Å². The van der Waals surface area contributed by atoms with Gasteiger partial charge in [-0.1, -0.05) is 72.8 Å². The van der Waals surface area contributed by atoms with E-state index in [1.165, 1.54) is 7.11 Å². The Kier molecular flexibility index (Phi) is 6.00. The van der Waals surface area contributed by atoms with E-state index in [0.29, 0.717) is 0 Å². The summed E-state index contributed by atoms with van der Waals surface area (Å²) in [7, 11) is 1.45. The summed E-state index contributed by atoms with van der Waals surface area (Å²) < 4.78 is 10.3. The zero-order chi connectivity index (χ0) is 15.6. The van der Waals surface area contributed by atoms with Crippen LogP contribution in [0.15, 0.2) is 78.6 Å². The highest BCUT2D eigenvalue weighted by Gasteiger charge is 2.10. The summed E-state index contributed by atoms with van der Waals surface area (Å²) in [4.78, 5) is 11.9. The summed E-state index contributed by atoms with van der Waals surface area (Å²) >= 11 is 0. The highest BCUT2D eigenvalue weighted by molar-refractivity contribution is 5.86. The van der Waals surface area contributed by atoms with Gasteiger partial charge >= 0.3 is 5.97 Å². The molecule has 0 aliphatic carbocycles. The van der Waals surface area contributed by atoms with Gasteiger partial charge in [0, 0.05) is 0 Å². The predicted octanol–water partition coefficient (Wildman–Crippen LogP) is 3.97. The van der Waals surface area contributed by atoms with Crippen molar-refractivity contribution >= 4 is 12.0 Å². The summed E-state index contributed by atoms with van der Waals surface area (Å²) in [6.07, 6.45) is 5.25. The molecular formula is C19H18O3. The van der Waals surface area contributed by atoms with E-state index in [0.717, 1.165) is 11.1 Å². The number of methoxy groups -OCH3 is 1. The fourth-order valence-electron chi connectivity index (χ4n) is 1.82. The van der Waals surface area contributed by atoms with Gasteiger partial charge in [-0.2, -0.15) is 0 Å². The summed E-state index contributed by atoms with van der Waals surface area (Å²) in [5.41, 5.74) is 1.98. The molecule has 0 N–H and O–H groups in total. The van der Waals surface area contributed by atoms with E-state index in [2.05, 4.69) is 0 Å². The molecule has 22 heavy (non-hydrogen) atoms. The van der Waals surface area contributed by atoms with Crippen LogP contribution < -0.4 is 0 Å². The Balaban J connectivity index is 1.93. The summed E-state index contributed by atoms with van der Waals surface area (Å²) in [6, 6.07) is 19.3. The number of carbonyl (C=O) groups excluding carboxylic acids is 1. The molecule has 0 spiro atoms. The topological polar surface area (TPSA) is 35.5 Å². The first-order chi connectivity index (χ1) is 10.8. The molecule has 0 amide bonds. The number of carbonyl (C=O) groups is 1. The Bertz CT molecular complexity index is 643. The Hall–Kier alpha value is -2.81. The summed E-state index contributed by atoms with van der Waals surface area (Å²) in [5.74, 6) is -0.313. The van der Waals surface area contributed by atoms with E-state index >= 15 is 0 Å². The molecular weight excluding hydrogens is 276 g/mol. The van der Waals surface area contributed by atoms with Crippen molar-refractivity contribution in [1.29, 1.82) is 0 Å². The van der Waals surface area contributed by atoms with Crippen molar-refractivity contribution < 1.29 is 14.3 Å². The van der Waals surface area contributed by atoms with E-state index in [1.54, 1.807) is 12.2 Å². The van der Waals surface area contributed by atoms with Crippen LogP contribution in [0.25, 0.3) is 6.08 Å². The second-order valence-electron chi connectivity index (χ2n) is 4.57. The number of hydrogen-bond donors (Lipinski definition) is 0. The zero-order valence-electron chi connectivity index (χ0n) is 12.4. The molecule has 0 atom stereocenters. The Morgan fingerprint density at radius 3 is 2.27 bits per heavy atom. The molecule has 2 aromatic rings. The van der Waals surface area contributed by atoms with E-state index in [-0.39, 0.29) is 12.4 Å². The first kappa shape index (κ1) is 15.6. The Morgan fingerprint density at radius 2 is 1.64 bits per heavy atom. The SMILES string of the molecule is COC(=CC=Cc1ccccc1)C(=O)OCc1ccccc1. The average molecular weight is 294 g/mol. The van der Waals surface area contributed by atoms with Crippen LogP contribution in [0, 0.1) is 0 Å². The molecule has 2 aromatic carbocycles. The van der Waals surface area contributed by atoms with Crippen LogP contribution in [0.3, 0.4) is 0 Å². The first-order valence-corrected chi connectivity index (χ1v) is 6.98. The van der Waals surface area contributed by atoms with Gasteiger partial charge in [-0.25, -0.2) is 4.79 Å². The van der Waals surface area contributed by atoms with Gasteiger partial charge in [-0.15, -0.1) is 0 Å². The molecule has 0 aliphatic heterocycles. The third-order valence-electron chi connectivity index (χ3n) is 2.97. The van der Waals surface area contributed by atoms with Gasteiger partial charge in [0.2, 0.25) is 5.76 Å². The molecule has 0 fully saturated rings. The van der Waals surface area contributed by atoms with Crippen molar-refractivity contribution in [3.8, 4) is 0 Å². The third-order valence-corrected chi connectivity index (χ3v) is 2.97. The summed E-state index contributed by atoms with van der Waals surface area (Å²) in [5, 5.41) is 0. The quantitative estimate of drug-likeness (QED) is 0.350. The fraction of sp³-hybridized carbons (Fsp3) is 0.105. The first-order valence-electron chi connectivity index (χ1n) is 6.98.